The van der Waals surface area contributed by atoms with Crippen molar-refractivity contribution in [2.24, 2.45) is 0 Å². The molecule has 2 heterocycles. The third-order valence-corrected chi connectivity index (χ3v) is 5.74. The Balaban J connectivity index is 1.33. The summed E-state index contributed by atoms with van der Waals surface area (Å²) in [6.07, 6.45) is 12.5. The molecule has 0 atom stereocenters. The topological polar surface area (TPSA) is 41.4 Å². The predicted octanol–water partition coefficient (Wildman–Crippen LogP) is 4.92. The maximum atomic E-state index is 12.6. The number of carbonyl (C=O) groups excluding carboxylic acids is 1. The molecule has 3 aromatic rings. The second-order valence-electron chi connectivity index (χ2n) is 8.15. The van der Waals surface area contributed by atoms with Crippen molar-refractivity contribution in [2.45, 2.75) is 32.2 Å². The third kappa shape index (κ3) is 5.63. The van der Waals surface area contributed by atoms with E-state index < -0.39 is 0 Å². The smallest absolute Gasteiger partial charge is 0.246 e. The lowest BCUT2D eigenvalue weighted by molar-refractivity contribution is -0.125. The van der Waals surface area contributed by atoms with Gasteiger partial charge in [-0.2, -0.15) is 5.10 Å². The zero-order valence-corrected chi connectivity index (χ0v) is 18.2. The number of aromatic nitrogens is 2. The fraction of sp³-hybridized carbons (Fsp3) is 0.308. The van der Waals surface area contributed by atoms with Crippen molar-refractivity contribution in [2.75, 3.05) is 25.0 Å². The Morgan fingerprint density at radius 3 is 2.39 bits per heavy atom. The fourth-order valence-electron chi connectivity index (χ4n) is 3.94. The Morgan fingerprint density at radius 1 is 0.968 bits per heavy atom. The molecule has 1 amide bonds. The number of para-hydroxylation sites is 1. The highest BCUT2D eigenvalue weighted by atomic mass is 16.2. The van der Waals surface area contributed by atoms with Gasteiger partial charge in [-0.25, -0.2) is 4.68 Å². The quantitative estimate of drug-likeness (QED) is 0.538. The molecule has 0 aliphatic carbocycles. The number of likely N-dealkylation sites (N-methyl/N-ethyl adjacent to an activating group) is 1. The molecule has 31 heavy (non-hydrogen) atoms. The number of rotatable bonds is 6. The average Bonchev–Trinajstić information content (AvgIpc) is 3.10. The van der Waals surface area contributed by atoms with Crippen LogP contribution in [0.15, 0.2) is 73.1 Å². The Bertz CT molecular complexity index is 999. The highest BCUT2D eigenvalue weighted by molar-refractivity contribution is 5.91. The number of nitrogens with zero attached hydrogens (tertiary/aromatic N) is 4. The van der Waals surface area contributed by atoms with Crippen molar-refractivity contribution < 1.29 is 4.79 Å². The number of carbonyl (C=O) groups is 1. The van der Waals surface area contributed by atoms with Crippen molar-refractivity contribution in [3.05, 3.63) is 84.2 Å². The molecule has 0 bridgehead atoms. The Hall–Kier alpha value is -3.34. The van der Waals surface area contributed by atoms with Crippen LogP contribution in [-0.2, 0) is 11.3 Å². The van der Waals surface area contributed by atoms with Crippen LogP contribution in [0, 0.1) is 0 Å². The van der Waals surface area contributed by atoms with E-state index in [0.29, 0.717) is 6.54 Å². The first-order valence-electron chi connectivity index (χ1n) is 11.1. The molecule has 0 radical (unpaired) electrons. The normalized spacial score (nSPS) is 14.5. The van der Waals surface area contributed by atoms with Gasteiger partial charge in [0.1, 0.15) is 0 Å². The molecular formula is C26H30N4O. The van der Waals surface area contributed by atoms with Crippen molar-refractivity contribution >= 4 is 17.7 Å². The van der Waals surface area contributed by atoms with Gasteiger partial charge in [0.25, 0.3) is 0 Å². The van der Waals surface area contributed by atoms with E-state index in [1.54, 1.807) is 11.0 Å². The van der Waals surface area contributed by atoms with Crippen molar-refractivity contribution in [3.63, 3.8) is 0 Å². The Kier molecular flexibility index (Phi) is 6.82. The van der Waals surface area contributed by atoms with E-state index in [0.717, 1.165) is 29.9 Å². The van der Waals surface area contributed by atoms with Gasteiger partial charge in [0, 0.05) is 50.2 Å². The van der Waals surface area contributed by atoms with E-state index in [-0.39, 0.29) is 5.91 Å². The minimum Gasteiger partial charge on any atom is -0.372 e. The maximum Gasteiger partial charge on any atom is 0.246 e. The lowest BCUT2D eigenvalue weighted by Gasteiger charge is -2.22. The maximum absolute atomic E-state index is 12.6. The molecule has 5 nitrogen and oxygen atoms in total. The van der Waals surface area contributed by atoms with Crippen molar-refractivity contribution in [3.8, 4) is 5.69 Å². The number of hydrogen-bond acceptors (Lipinski definition) is 3. The monoisotopic (exact) mass is 414 g/mol. The Labute approximate surface area is 184 Å². The minimum atomic E-state index is -0.0240. The summed E-state index contributed by atoms with van der Waals surface area (Å²) in [7, 11) is 1.81. The molecule has 1 aliphatic rings. The van der Waals surface area contributed by atoms with Gasteiger partial charge >= 0.3 is 0 Å². The molecule has 2 aromatic carbocycles. The summed E-state index contributed by atoms with van der Waals surface area (Å²) in [5.74, 6) is -0.0240. The van der Waals surface area contributed by atoms with Crippen molar-refractivity contribution in [1.82, 2.24) is 14.7 Å². The molecule has 1 fully saturated rings. The second kappa shape index (κ2) is 10.1. The summed E-state index contributed by atoms with van der Waals surface area (Å²) in [5.41, 5.74) is 4.32. The first-order valence-corrected chi connectivity index (χ1v) is 11.1. The molecule has 0 spiro atoms. The Morgan fingerprint density at radius 2 is 1.68 bits per heavy atom. The predicted molar refractivity (Wildman–Crippen MR) is 126 cm³/mol. The van der Waals surface area contributed by atoms with E-state index in [4.69, 9.17) is 0 Å². The summed E-state index contributed by atoms with van der Waals surface area (Å²) < 4.78 is 1.83. The second-order valence-corrected chi connectivity index (χ2v) is 8.15. The average molecular weight is 415 g/mol. The van der Waals surface area contributed by atoms with Gasteiger partial charge in [0.05, 0.1) is 11.9 Å². The zero-order valence-electron chi connectivity index (χ0n) is 18.2. The van der Waals surface area contributed by atoms with Crippen LogP contribution < -0.4 is 4.90 Å². The van der Waals surface area contributed by atoms with Crippen molar-refractivity contribution in [1.29, 1.82) is 0 Å². The van der Waals surface area contributed by atoms with Gasteiger partial charge in [0.15, 0.2) is 0 Å². The molecule has 1 aromatic heterocycles. The SMILES string of the molecule is CN(Cc1cnn(-c2ccccc2)c1)C(=O)/C=C/c1ccc(N2CCCCCC2)cc1. The van der Waals surface area contributed by atoms with Gasteiger partial charge in [0.2, 0.25) is 5.91 Å². The third-order valence-electron chi connectivity index (χ3n) is 5.74. The molecule has 160 valence electrons. The van der Waals surface area contributed by atoms with Crippen LogP contribution in [0.3, 0.4) is 0 Å². The minimum absolute atomic E-state index is 0.0240. The van der Waals surface area contributed by atoms with Crippen LogP contribution >= 0.6 is 0 Å². The highest BCUT2D eigenvalue weighted by Gasteiger charge is 2.10. The van der Waals surface area contributed by atoms with Gasteiger partial charge in [-0.3, -0.25) is 4.79 Å². The summed E-state index contributed by atoms with van der Waals surface area (Å²) in [4.78, 5) is 16.7. The van der Waals surface area contributed by atoms with Gasteiger partial charge in [-0.1, -0.05) is 43.2 Å². The van der Waals surface area contributed by atoms with Crippen LogP contribution in [0.1, 0.15) is 36.8 Å². The number of amides is 1. The summed E-state index contributed by atoms with van der Waals surface area (Å²) >= 11 is 0. The van der Waals surface area contributed by atoms with E-state index in [1.165, 1.54) is 31.4 Å². The molecule has 1 aliphatic heterocycles. The molecule has 4 rings (SSSR count). The molecule has 0 saturated carbocycles. The van der Waals surface area contributed by atoms with Gasteiger partial charge in [-0.15, -0.1) is 0 Å². The first-order chi connectivity index (χ1) is 15.2. The summed E-state index contributed by atoms with van der Waals surface area (Å²) in [5, 5.41) is 4.40. The lowest BCUT2D eigenvalue weighted by Crippen LogP contribution is -2.24. The summed E-state index contributed by atoms with van der Waals surface area (Å²) in [6, 6.07) is 18.5. The van der Waals surface area contributed by atoms with E-state index in [9.17, 15) is 4.79 Å². The molecule has 0 N–H and O–H groups in total. The molecule has 0 unspecified atom stereocenters. The molecular weight excluding hydrogens is 384 g/mol. The zero-order chi connectivity index (χ0) is 21.5. The number of benzene rings is 2. The van der Waals surface area contributed by atoms with E-state index in [2.05, 4.69) is 34.3 Å². The van der Waals surface area contributed by atoms with Gasteiger partial charge < -0.3 is 9.80 Å². The first kappa shape index (κ1) is 20.9. The number of anilines is 1. The van der Waals surface area contributed by atoms with E-state index >= 15 is 0 Å². The lowest BCUT2D eigenvalue weighted by atomic mass is 10.1. The summed E-state index contributed by atoms with van der Waals surface area (Å²) in [6.45, 7) is 2.79. The van der Waals surface area contributed by atoms with Gasteiger partial charge in [-0.05, 0) is 48.7 Å². The van der Waals surface area contributed by atoms with Crippen LogP contribution in [-0.4, -0.2) is 40.7 Å². The van der Waals surface area contributed by atoms with Crippen LogP contribution in [0.4, 0.5) is 5.69 Å². The highest BCUT2D eigenvalue weighted by Crippen LogP contribution is 2.20. The van der Waals surface area contributed by atoms with Crippen LogP contribution in [0.25, 0.3) is 11.8 Å². The van der Waals surface area contributed by atoms with Crippen LogP contribution in [0.5, 0.6) is 0 Å². The fourth-order valence-corrected chi connectivity index (χ4v) is 3.94. The van der Waals surface area contributed by atoms with E-state index in [1.807, 2.05) is 60.5 Å². The standard InChI is InChI=1S/C26H30N4O/c1-28(20-23-19-27-30(21-23)25-9-5-4-6-10-25)26(31)16-13-22-11-14-24(15-12-22)29-17-7-2-3-8-18-29/h4-6,9-16,19,21H,2-3,7-8,17-18,20H2,1H3/b16-13+. The van der Waals surface area contributed by atoms with Crippen LogP contribution in [0.2, 0.25) is 0 Å². The molecule has 1 saturated heterocycles. The molecule has 5 heteroatoms. The largest absolute Gasteiger partial charge is 0.372 e. The number of hydrogen-bond donors (Lipinski definition) is 0.